The second kappa shape index (κ2) is 4.39. The standard InChI is InChI=1S/C9H13NO2S/c1-7-2-3-8(4-5-10)6-9(7)13(11)12/h2-3,6,13H,4-5,10H2,1H3. The SMILES string of the molecule is Cc1ccc(CCN)cc1[SH](=O)=O. The number of aryl methyl sites for hydroxylation is 1. The van der Waals surface area contributed by atoms with Crippen molar-refractivity contribution in [2.24, 2.45) is 5.73 Å². The summed E-state index contributed by atoms with van der Waals surface area (Å²) >= 11 is 0. The normalized spacial score (nSPS) is 10.7. The van der Waals surface area contributed by atoms with Gasteiger partial charge in [0.05, 0.1) is 4.90 Å². The second-order valence-corrected chi connectivity index (χ2v) is 3.91. The van der Waals surface area contributed by atoms with E-state index in [4.69, 9.17) is 5.73 Å². The van der Waals surface area contributed by atoms with Crippen molar-refractivity contribution in [3.8, 4) is 0 Å². The second-order valence-electron chi connectivity index (χ2n) is 2.92. The van der Waals surface area contributed by atoms with Gasteiger partial charge < -0.3 is 5.73 Å². The van der Waals surface area contributed by atoms with Gasteiger partial charge in [-0.3, -0.25) is 0 Å². The lowest BCUT2D eigenvalue weighted by Crippen LogP contribution is -2.03. The maximum absolute atomic E-state index is 10.8. The van der Waals surface area contributed by atoms with E-state index in [1.54, 1.807) is 13.0 Å². The number of benzene rings is 1. The summed E-state index contributed by atoms with van der Waals surface area (Å²) in [7, 11) is -2.48. The van der Waals surface area contributed by atoms with Crippen LogP contribution in [0.1, 0.15) is 11.1 Å². The van der Waals surface area contributed by atoms with E-state index in [1.165, 1.54) is 0 Å². The van der Waals surface area contributed by atoms with E-state index in [0.717, 1.165) is 17.5 Å². The van der Waals surface area contributed by atoms with E-state index in [0.29, 0.717) is 11.4 Å². The Morgan fingerprint density at radius 2 is 2.08 bits per heavy atom. The number of hydrogen-bond donors (Lipinski definition) is 2. The molecule has 0 radical (unpaired) electrons. The van der Waals surface area contributed by atoms with Gasteiger partial charge in [0.15, 0.2) is 10.7 Å². The molecule has 1 rings (SSSR count). The molecule has 13 heavy (non-hydrogen) atoms. The zero-order valence-corrected chi connectivity index (χ0v) is 8.38. The Bertz CT molecular complexity index is 364. The first-order valence-electron chi connectivity index (χ1n) is 4.09. The zero-order valence-electron chi connectivity index (χ0n) is 7.49. The highest BCUT2D eigenvalue weighted by Gasteiger charge is 2.01. The van der Waals surface area contributed by atoms with Gasteiger partial charge in [0.25, 0.3) is 0 Å². The van der Waals surface area contributed by atoms with Gasteiger partial charge in [0, 0.05) is 0 Å². The van der Waals surface area contributed by atoms with Crippen LogP contribution in [-0.4, -0.2) is 15.0 Å². The molecule has 0 aliphatic rings. The molecule has 0 unspecified atom stereocenters. The number of nitrogens with two attached hydrogens (primary N) is 1. The van der Waals surface area contributed by atoms with E-state index in [-0.39, 0.29) is 0 Å². The Morgan fingerprint density at radius 1 is 1.38 bits per heavy atom. The van der Waals surface area contributed by atoms with E-state index in [1.807, 2.05) is 12.1 Å². The number of rotatable bonds is 3. The van der Waals surface area contributed by atoms with Crippen molar-refractivity contribution in [2.75, 3.05) is 6.54 Å². The zero-order chi connectivity index (χ0) is 9.84. The highest BCUT2D eigenvalue weighted by Crippen LogP contribution is 2.12. The molecule has 0 aliphatic heterocycles. The van der Waals surface area contributed by atoms with Crippen LogP contribution in [0.2, 0.25) is 0 Å². The summed E-state index contributed by atoms with van der Waals surface area (Å²) in [4.78, 5) is 0.404. The summed E-state index contributed by atoms with van der Waals surface area (Å²) in [6.45, 7) is 2.32. The van der Waals surface area contributed by atoms with Crippen LogP contribution in [0.3, 0.4) is 0 Å². The Hall–Kier alpha value is -0.870. The fraction of sp³-hybridized carbons (Fsp3) is 0.333. The molecule has 1 aromatic carbocycles. The summed E-state index contributed by atoms with van der Waals surface area (Å²) in [5, 5.41) is 0. The maximum atomic E-state index is 10.8. The van der Waals surface area contributed by atoms with Gasteiger partial charge in [0.2, 0.25) is 0 Å². The minimum atomic E-state index is -2.48. The Morgan fingerprint density at radius 3 is 2.62 bits per heavy atom. The monoisotopic (exact) mass is 199 g/mol. The van der Waals surface area contributed by atoms with E-state index in [2.05, 4.69) is 0 Å². The van der Waals surface area contributed by atoms with Gasteiger partial charge in [-0.05, 0) is 37.1 Å². The van der Waals surface area contributed by atoms with Crippen LogP contribution in [0.25, 0.3) is 0 Å². The largest absolute Gasteiger partial charge is 0.330 e. The van der Waals surface area contributed by atoms with Gasteiger partial charge in [-0.2, -0.15) is 0 Å². The molecule has 0 heterocycles. The third-order valence-electron chi connectivity index (χ3n) is 1.90. The molecule has 0 amide bonds. The lowest BCUT2D eigenvalue weighted by atomic mass is 10.1. The third kappa shape index (κ3) is 2.54. The van der Waals surface area contributed by atoms with Crippen LogP contribution in [0.5, 0.6) is 0 Å². The van der Waals surface area contributed by atoms with Crippen molar-refractivity contribution in [2.45, 2.75) is 18.2 Å². The van der Waals surface area contributed by atoms with Crippen LogP contribution >= 0.6 is 0 Å². The fourth-order valence-electron chi connectivity index (χ4n) is 1.17. The van der Waals surface area contributed by atoms with Crippen molar-refractivity contribution in [3.05, 3.63) is 29.3 Å². The molecule has 2 N–H and O–H groups in total. The Balaban J connectivity index is 3.11. The average Bonchev–Trinajstić information content (AvgIpc) is 2.08. The van der Waals surface area contributed by atoms with Crippen LogP contribution in [-0.2, 0) is 17.1 Å². The molecule has 0 saturated carbocycles. The molecule has 0 saturated heterocycles. The lowest BCUT2D eigenvalue weighted by Gasteiger charge is -2.02. The van der Waals surface area contributed by atoms with Crippen LogP contribution in [0.4, 0.5) is 0 Å². The lowest BCUT2D eigenvalue weighted by molar-refractivity contribution is 0.614. The van der Waals surface area contributed by atoms with E-state index in [9.17, 15) is 8.42 Å². The minimum absolute atomic E-state index is 0.404. The molecule has 1 aromatic rings. The van der Waals surface area contributed by atoms with Crippen LogP contribution < -0.4 is 5.73 Å². The highest BCUT2D eigenvalue weighted by atomic mass is 32.2. The molecule has 4 heteroatoms. The molecule has 3 nitrogen and oxygen atoms in total. The molecule has 0 atom stereocenters. The van der Waals surface area contributed by atoms with Gasteiger partial charge in [0.1, 0.15) is 0 Å². The van der Waals surface area contributed by atoms with Crippen molar-refractivity contribution in [1.82, 2.24) is 0 Å². The Labute approximate surface area is 79.5 Å². The molecule has 0 aliphatic carbocycles. The van der Waals surface area contributed by atoms with Gasteiger partial charge in [-0.15, -0.1) is 0 Å². The summed E-state index contributed by atoms with van der Waals surface area (Å²) in [5.41, 5.74) is 7.14. The highest BCUT2D eigenvalue weighted by molar-refractivity contribution is 7.72. The first-order chi connectivity index (χ1) is 6.15. The molecule has 72 valence electrons. The van der Waals surface area contributed by atoms with Crippen molar-refractivity contribution in [1.29, 1.82) is 0 Å². The first-order valence-corrected chi connectivity index (χ1v) is 5.27. The van der Waals surface area contributed by atoms with Crippen molar-refractivity contribution >= 4 is 10.7 Å². The quantitative estimate of drug-likeness (QED) is 0.695. The van der Waals surface area contributed by atoms with Gasteiger partial charge in [-0.1, -0.05) is 12.1 Å². The predicted molar refractivity (Wildman–Crippen MR) is 52.5 cm³/mol. The van der Waals surface area contributed by atoms with Crippen molar-refractivity contribution in [3.63, 3.8) is 0 Å². The number of hydrogen-bond acceptors (Lipinski definition) is 3. The van der Waals surface area contributed by atoms with Crippen LogP contribution in [0.15, 0.2) is 23.1 Å². The smallest absolute Gasteiger partial charge is 0.168 e. The molecular weight excluding hydrogens is 186 g/mol. The molecule has 0 aromatic heterocycles. The first kappa shape index (κ1) is 10.2. The summed E-state index contributed by atoms with van der Waals surface area (Å²) < 4.78 is 21.6. The molecular formula is C9H13NO2S. The van der Waals surface area contributed by atoms with Crippen molar-refractivity contribution < 1.29 is 8.42 Å². The fourth-order valence-corrected chi connectivity index (χ4v) is 1.81. The molecule has 0 fully saturated rings. The maximum Gasteiger partial charge on any atom is 0.168 e. The Kier molecular flexibility index (Phi) is 3.45. The van der Waals surface area contributed by atoms with E-state index >= 15 is 0 Å². The topological polar surface area (TPSA) is 60.2 Å². The van der Waals surface area contributed by atoms with Gasteiger partial charge >= 0.3 is 0 Å². The van der Waals surface area contributed by atoms with Crippen LogP contribution in [0, 0.1) is 6.92 Å². The summed E-state index contributed by atoms with van der Waals surface area (Å²) in [6, 6.07) is 5.41. The third-order valence-corrected chi connectivity index (χ3v) is 2.78. The predicted octanol–water partition coefficient (Wildman–Crippen LogP) is 0.467. The average molecular weight is 199 g/mol. The van der Waals surface area contributed by atoms with E-state index < -0.39 is 10.7 Å². The number of thiol groups is 1. The molecule has 0 bridgehead atoms. The minimum Gasteiger partial charge on any atom is -0.330 e. The summed E-state index contributed by atoms with van der Waals surface area (Å²) in [5.74, 6) is 0. The molecule has 0 spiro atoms. The van der Waals surface area contributed by atoms with Gasteiger partial charge in [-0.25, -0.2) is 8.42 Å². The summed E-state index contributed by atoms with van der Waals surface area (Å²) in [6.07, 6.45) is 0.719.